The number of hydrogen-bond donors (Lipinski definition) is 0. The standard InChI is InChI=1S/C13H15FO4/c1-8(2)7-10(15)13(16)18-11-6-4-5-9(14)12(11)17-3/h4-6,8H,7H2,1-3H3. The number of carbonyl (C=O) groups excluding carboxylic acids is 2. The molecule has 0 aliphatic heterocycles. The SMILES string of the molecule is COc1c(F)cccc1OC(=O)C(=O)CC(C)C. The van der Waals surface area contributed by atoms with Crippen molar-refractivity contribution in [3.8, 4) is 11.5 Å². The number of benzene rings is 1. The summed E-state index contributed by atoms with van der Waals surface area (Å²) in [6.45, 7) is 3.63. The van der Waals surface area contributed by atoms with Crippen LogP contribution in [0.15, 0.2) is 18.2 Å². The molecule has 0 saturated heterocycles. The van der Waals surface area contributed by atoms with Gasteiger partial charge in [-0.1, -0.05) is 19.9 Å². The van der Waals surface area contributed by atoms with Gasteiger partial charge in [-0.3, -0.25) is 4.79 Å². The molecule has 0 fully saturated rings. The minimum absolute atomic E-state index is 0.0551. The van der Waals surface area contributed by atoms with Crippen molar-refractivity contribution >= 4 is 11.8 Å². The summed E-state index contributed by atoms with van der Waals surface area (Å²) in [5.74, 6) is -2.54. The van der Waals surface area contributed by atoms with Crippen LogP contribution in [0.5, 0.6) is 11.5 Å². The van der Waals surface area contributed by atoms with E-state index >= 15 is 0 Å². The van der Waals surface area contributed by atoms with Crippen molar-refractivity contribution < 1.29 is 23.5 Å². The summed E-state index contributed by atoms with van der Waals surface area (Å²) in [6, 6.07) is 3.90. The second-order valence-electron chi connectivity index (χ2n) is 4.18. The zero-order chi connectivity index (χ0) is 13.7. The van der Waals surface area contributed by atoms with Gasteiger partial charge in [0, 0.05) is 6.42 Å². The molecule has 1 aromatic rings. The molecule has 0 N–H and O–H groups in total. The smallest absolute Gasteiger partial charge is 0.380 e. The first-order valence-corrected chi connectivity index (χ1v) is 5.53. The predicted molar refractivity (Wildman–Crippen MR) is 63.0 cm³/mol. The lowest BCUT2D eigenvalue weighted by Crippen LogP contribution is -2.22. The highest BCUT2D eigenvalue weighted by Gasteiger charge is 2.20. The Morgan fingerprint density at radius 3 is 2.56 bits per heavy atom. The molecular formula is C13H15FO4. The Bertz CT molecular complexity index is 454. The van der Waals surface area contributed by atoms with Crippen molar-refractivity contribution in [3.63, 3.8) is 0 Å². The van der Waals surface area contributed by atoms with E-state index in [0.717, 1.165) is 0 Å². The molecule has 0 aliphatic rings. The van der Waals surface area contributed by atoms with Gasteiger partial charge in [-0.05, 0) is 18.1 Å². The van der Waals surface area contributed by atoms with Crippen LogP contribution >= 0.6 is 0 Å². The third-order valence-corrected chi connectivity index (χ3v) is 2.16. The summed E-state index contributed by atoms with van der Waals surface area (Å²) in [4.78, 5) is 22.9. The molecule has 0 bridgehead atoms. The molecule has 0 radical (unpaired) electrons. The van der Waals surface area contributed by atoms with Gasteiger partial charge in [-0.25, -0.2) is 9.18 Å². The van der Waals surface area contributed by atoms with E-state index in [2.05, 4.69) is 0 Å². The Balaban J connectivity index is 2.82. The van der Waals surface area contributed by atoms with Crippen LogP contribution < -0.4 is 9.47 Å². The van der Waals surface area contributed by atoms with Crippen LogP contribution in [0, 0.1) is 11.7 Å². The topological polar surface area (TPSA) is 52.6 Å². The van der Waals surface area contributed by atoms with Gasteiger partial charge in [0.2, 0.25) is 5.78 Å². The van der Waals surface area contributed by atoms with Crippen molar-refractivity contribution in [1.82, 2.24) is 0 Å². The number of ether oxygens (including phenoxy) is 2. The fourth-order valence-corrected chi connectivity index (χ4v) is 1.38. The number of rotatable bonds is 5. The van der Waals surface area contributed by atoms with E-state index in [4.69, 9.17) is 9.47 Å². The lowest BCUT2D eigenvalue weighted by Gasteiger charge is -2.09. The minimum Gasteiger partial charge on any atom is -0.490 e. The third-order valence-electron chi connectivity index (χ3n) is 2.16. The zero-order valence-electron chi connectivity index (χ0n) is 10.5. The monoisotopic (exact) mass is 254 g/mol. The van der Waals surface area contributed by atoms with Crippen LogP contribution in [0.1, 0.15) is 20.3 Å². The van der Waals surface area contributed by atoms with Crippen molar-refractivity contribution in [2.24, 2.45) is 5.92 Å². The minimum atomic E-state index is -1.01. The number of hydrogen-bond acceptors (Lipinski definition) is 4. The van der Waals surface area contributed by atoms with Crippen LogP contribution in [0.25, 0.3) is 0 Å². The second kappa shape index (κ2) is 6.14. The molecule has 0 amide bonds. The molecule has 0 heterocycles. The Morgan fingerprint density at radius 1 is 1.33 bits per heavy atom. The molecule has 18 heavy (non-hydrogen) atoms. The highest BCUT2D eigenvalue weighted by Crippen LogP contribution is 2.29. The van der Waals surface area contributed by atoms with Crippen LogP contribution in [0.2, 0.25) is 0 Å². The highest BCUT2D eigenvalue weighted by atomic mass is 19.1. The molecule has 4 nitrogen and oxygen atoms in total. The van der Waals surface area contributed by atoms with Gasteiger partial charge < -0.3 is 9.47 Å². The Morgan fingerprint density at radius 2 is 2.00 bits per heavy atom. The molecule has 1 rings (SSSR count). The maximum absolute atomic E-state index is 13.3. The van der Waals surface area contributed by atoms with E-state index < -0.39 is 17.6 Å². The first-order chi connectivity index (χ1) is 8.45. The number of esters is 1. The number of Topliss-reactive ketones (excluding diaryl/α,β-unsaturated/α-hetero) is 1. The molecule has 0 aromatic heterocycles. The number of ketones is 1. The molecule has 0 saturated carbocycles. The summed E-state index contributed by atoms with van der Waals surface area (Å²) >= 11 is 0. The van der Waals surface area contributed by atoms with Crippen LogP contribution in [-0.4, -0.2) is 18.9 Å². The average Bonchev–Trinajstić information content (AvgIpc) is 2.28. The van der Waals surface area contributed by atoms with Crippen molar-refractivity contribution in [2.45, 2.75) is 20.3 Å². The lowest BCUT2D eigenvalue weighted by molar-refractivity contribution is -0.147. The van der Waals surface area contributed by atoms with E-state index in [-0.39, 0.29) is 23.8 Å². The zero-order valence-corrected chi connectivity index (χ0v) is 10.5. The normalized spacial score (nSPS) is 10.3. The summed E-state index contributed by atoms with van der Waals surface area (Å²) in [6.07, 6.45) is 0.0937. The van der Waals surface area contributed by atoms with Gasteiger partial charge in [0.15, 0.2) is 17.3 Å². The Hall–Kier alpha value is -1.91. The van der Waals surface area contributed by atoms with E-state index in [1.54, 1.807) is 0 Å². The number of halogens is 1. The van der Waals surface area contributed by atoms with E-state index in [1.165, 1.54) is 25.3 Å². The molecule has 0 unspecified atom stereocenters. The summed E-state index contributed by atoms with van der Waals surface area (Å²) in [5.41, 5.74) is 0. The maximum atomic E-state index is 13.3. The lowest BCUT2D eigenvalue weighted by atomic mass is 10.1. The largest absolute Gasteiger partial charge is 0.490 e. The molecule has 1 aromatic carbocycles. The van der Waals surface area contributed by atoms with Gasteiger partial charge in [0.25, 0.3) is 0 Å². The van der Waals surface area contributed by atoms with Crippen LogP contribution in [0.3, 0.4) is 0 Å². The quantitative estimate of drug-likeness (QED) is 0.460. The molecule has 0 spiro atoms. The second-order valence-corrected chi connectivity index (χ2v) is 4.18. The van der Waals surface area contributed by atoms with Gasteiger partial charge in [0.05, 0.1) is 7.11 Å². The Labute approximate surface area is 105 Å². The number of carbonyl (C=O) groups is 2. The first kappa shape index (κ1) is 14.2. The number of methoxy groups -OCH3 is 1. The first-order valence-electron chi connectivity index (χ1n) is 5.53. The molecule has 0 aliphatic carbocycles. The summed E-state index contributed by atoms with van der Waals surface area (Å²) < 4.78 is 22.9. The van der Waals surface area contributed by atoms with Crippen molar-refractivity contribution in [1.29, 1.82) is 0 Å². The predicted octanol–water partition coefficient (Wildman–Crippen LogP) is 2.35. The molecule has 0 atom stereocenters. The summed E-state index contributed by atoms with van der Waals surface area (Å²) in [5, 5.41) is 0. The number of para-hydroxylation sites is 1. The van der Waals surface area contributed by atoms with Crippen LogP contribution in [0.4, 0.5) is 4.39 Å². The van der Waals surface area contributed by atoms with Gasteiger partial charge >= 0.3 is 5.97 Å². The van der Waals surface area contributed by atoms with Crippen molar-refractivity contribution in [2.75, 3.05) is 7.11 Å². The van der Waals surface area contributed by atoms with Crippen molar-refractivity contribution in [3.05, 3.63) is 24.0 Å². The fourth-order valence-electron chi connectivity index (χ4n) is 1.38. The molecule has 5 heteroatoms. The molecular weight excluding hydrogens is 239 g/mol. The van der Waals surface area contributed by atoms with E-state index in [9.17, 15) is 14.0 Å². The summed E-state index contributed by atoms with van der Waals surface area (Å²) in [7, 11) is 1.26. The van der Waals surface area contributed by atoms with Gasteiger partial charge in [-0.2, -0.15) is 0 Å². The highest BCUT2D eigenvalue weighted by molar-refractivity contribution is 6.34. The van der Waals surface area contributed by atoms with Gasteiger partial charge in [0.1, 0.15) is 0 Å². The van der Waals surface area contributed by atoms with Crippen LogP contribution in [-0.2, 0) is 9.59 Å². The average molecular weight is 254 g/mol. The van der Waals surface area contributed by atoms with Gasteiger partial charge in [-0.15, -0.1) is 0 Å². The Kier molecular flexibility index (Phi) is 4.83. The van der Waals surface area contributed by atoms with E-state index in [1.807, 2.05) is 13.8 Å². The van der Waals surface area contributed by atoms with E-state index in [0.29, 0.717) is 0 Å². The molecule has 98 valence electrons. The third kappa shape index (κ3) is 3.55. The fraction of sp³-hybridized carbons (Fsp3) is 0.385. The maximum Gasteiger partial charge on any atom is 0.380 e.